The van der Waals surface area contributed by atoms with Crippen molar-refractivity contribution in [1.29, 1.82) is 0 Å². The number of benzene rings is 2. The normalized spacial score (nSPS) is 10.4. The fraction of sp³-hybridized carbons (Fsp3) is 0.318. The molecule has 0 bridgehead atoms. The molecule has 6 nitrogen and oxygen atoms in total. The van der Waals surface area contributed by atoms with Crippen LogP contribution >= 0.6 is 28.1 Å². The van der Waals surface area contributed by atoms with Crippen LogP contribution in [0.2, 0.25) is 0 Å². The predicted molar refractivity (Wildman–Crippen MR) is 125 cm³/mol. The maximum atomic E-state index is 12.7. The van der Waals surface area contributed by atoms with E-state index in [-0.39, 0.29) is 17.0 Å². The average molecular weight is 493 g/mol. The predicted octanol–water partition coefficient (Wildman–Crippen LogP) is 5.18. The first-order valence-electron chi connectivity index (χ1n) is 9.62. The number of halogens is 1. The van der Waals surface area contributed by atoms with E-state index in [1.54, 1.807) is 43.3 Å². The van der Waals surface area contributed by atoms with Crippen LogP contribution in [-0.4, -0.2) is 30.2 Å². The molecular weight excluding hydrogens is 468 g/mol. The summed E-state index contributed by atoms with van der Waals surface area (Å²) in [5, 5.41) is 5.72. The molecule has 0 aliphatic heterocycles. The highest BCUT2D eigenvalue weighted by Gasteiger charge is 2.15. The lowest BCUT2D eigenvalue weighted by atomic mass is 10.1. The second-order valence-corrected chi connectivity index (χ2v) is 8.20. The molecule has 0 unspecified atom stereocenters. The van der Waals surface area contributed by atoms with Gasteiger partial charge in [-0.15, -0.1) is 0 Å². The first-order valence-corrected chi connectivity index (χ1v) is 10.8. The molecule has 0 radical (unpaired) electrons. The average Bonchev–Trinajstić information content (AvgIpc) is 2.69. The number of hydrogen-bond donors (Lipinski definition) is 2. The third-order valence-corrected chi connectivity index (χ3v) is 4.72. The molecule has 1 amide bonds. The van der Waals surface area contributed by atoms with Gasteiger partial charge in [0.2, 0.25) is 0 Å². The highest BCUT2D eigenvalue weighted by Crippen LogP contribution is 2.24. The number of rotatable bonds is 8. The summed E-state index contributed by atoms with van der Waals surface area (Å²) >= 11 is 8.63. The molecule has 2 aromatic carbocycles. The van der Waals surface area contributed by atoms with Gasteiger partial charge in [-0.05, 0) is 73.9 Å². The first kappa shape index (κ1) is 23.8. The molecule has 0 aliphatic carbocycles. The van der Waals surface area contributed by atoms with E-state index in [0.29, 0.717) is 41.7 Å². The van der Waals surface area contributed by atoms with E-state index in [4.69, 9.17) is 21.7 Å². The van der Waals surface area contributed by atoms with Gasteiger partial charge in [0.05, 0.1) is 24.3 Å². The zero-order valence-corrected chi connectivity index (χ0v) is 19.6. The van der Waals surface area contributed by atoms with Gasteiger partial charge >= 0.3 is 5.97 Å². The summed E-state index contributed by atoms with van der Waals surface area (Å²) in [4.78, 5) is 24.4. The molecule has 2 N–H and O–H groups in total. The van der Waals surface area contributed by atoms with Crippen molar-refractivity contribution in [3.05, 3.63) is 58.1 Å². The molecule has 0 aromatic heterocycles. The first-order chi connectivity index (χ1) is 14.3. The van der Waals surface area contributed by atoms with Gasteiger partial charge in [-0.1, -0.05) is 29.8 Å². The largest absolute Gasteiger partial charge is 0.493 e. The van der Waals surface area contributed by atoms with Gasteiger partial charge in [0.25, 0.3) is 5.91 Å². The highest BCUT2D eigenvalue weighted by atomic mass is 79.9. The fourth-order valence-corrected chi connectivity index (χ4v) is 3.02. The van der Waals surface area contributed by atoms with Crippen LogP contribution in [0.15, 0.2) is 46.9 Å². The van der Waals surface area contributed by atoms with E-state index in [1.807, 2.05) is 6.07 Å². The molecule has 0 saturated carbocycles. The van der Waals surface area contributed by atoms with Crippen molar-refractivity contribution in [1.82, 2.24) is 5.32 Å². The summed E-state index contributed by atoms with van der Waals surface area (Å²) in [6.07, 6.45) is 0.888. The smallest absolute Gasteiger partial charge is 0.338 e. The Kier molecular flexibility index (Phi) is 9.26. The maximum absolute atomic E-state index is 12.7. The summed E-state index contributed by atoms with van der Waals surface area (Å²) in [6, 6.07) is 11.9. The molecule has 0 heterocycles. The lowest BCUT2D eigenvalue weighted by Crippen LogP contribution is -2.34. The zero-order chi connectivity index (χ0) is 22.1. The standard InChI is InChI=1S/C22H25BrN2O4S/c1-4-28-21(27)15-5-8-17(9-6-15)24-22(30)25-20(26)18-13-16(23)7-10-19(18)29-12-11-14(2)3/h5-10,13-14H,4,11-12H2,1-3H3,(H2,24,25,26,30). The van der Waals surface area contributed by atoms with Gasteiger partial charge < -0.3 is 14.8 Å². The molecule has 0 fully saturated rings. The van der Waals surface area contributed by atoms with Crippen molar-refractivity contribution < 1.29 is 19.1 Å². The molecule has 0 atom stereocenters. The van der Waals surface area contributed by atoms with Crippen LogP contribution < -0.4 is 15.4 Å². The maximum Gasteiger partial charge on any atom is 0.338 e. The Balaban J connectivity index is 2.01. The van der Waals surface area contributed by atoms with E-state index < -0.39 is 0 Å². The van der Waals surface area contributed by atoms with Gasteiger partial charge in [-0.3, -0.25) is 10.1 Å². The molecule has 2 rings (SSSR count). The molecule has 30 heavy (non-hydrogen) atoms. The van der Waals surface area contributed by atoms with Crippen molar-refractivity contribution >= 4 is 50.8 Å². The van der Waals surface area contributed by atoms with Gasteiger partial charge in [-0.25, -0.2) is 4.79 Å². The molecule has 160 valence electrons. The molecule has 0 spiro atoms. The lowest BCUT2D eigenvalue weighted by molar-refractivity contribution is 0.0526. The van der Waals surface area contributed by atoms with E-state index >= 15 is 0 Å². The van der Waals surface area contributed by atoms with Crippen LogP contribution in [0, 0.1) is 5.92 Å². The SMILES string of the molecule is CCOC(=O)c1ccc(NC(=S)NC(=O)c2cc(Br)ccc2OCCC(C)C)cc1. The third kappa shape index (κ3) is 7.42. The Morgan fingerprint density at radius 1 is 1.13 bits per heavy atom. The topological polar surface area (TPSA) is 76.7 Å². The second-order valence-electron chi connectivity index (χ2n) is 6.88. The van der Waals surface area contributed by atoms with Crippen LogP contribution in [0.5, 0.6) is 5.75 Å². The zero-order valence-electron chi connectivity index (χ0n) is 17.2. The van der Waals surface area contributed by atoms with Crippen LogP contribution in [-0.2, 0) is 4.74 Å². The summed E-state index contributed by atoms with van der Waals surface area (Å²) in [5.41, 5.74) is 1.46. The molecular formula is C22H25BrN2O4S. The Hall–Kier alpha value is -2.45. The molecule has 0 aliphatic rings. The number of hydrogen-bond acceptors (Lipinski definition) is 5. The minimum Gasteiger partial charge on any atom is -0.493 e. The van der Waals surface area contributed by atoms with Crippen LogP contribution in [0.1, 0.15) is 47.9 Å². The highest BCUT2D eigenvalue weighted by molar-refractivity contribution is 9.10. The number of esters is 1. The van der Waals surface area contributed by atoms with E-state index in [1.165, 1.54) is 0 Å². The van der Waals surface area contributed by atoms with Crippen molar-refractivity contribution in [2.75, 3.05) is 18.5 Å². The summed E-state index contributed by atoms with van der Waals surface area (Å²) < 4.78 is 11.5. The van der Waals surface area contributed by atoms with E-state index in [2.05, 4.69) is 40.4 Å². The third-order valence-electron chi connectivity index (χ3n) is 4.02. The minimum absolute atomic E-state index is 0.136. The Labute approximate surface area is 190 Å². The molecule has 8 heteroatoms. The number of anilines is 1. The van der Waals surface area contributed by atoms with Gasteiger partial charge in [0.15, 0.2) is 5.11 Å². The van der Waals surface area contributed by atoms with Gasteiger partial charge in [0, 0.05) is 10.2 Å². The van der Waals surface area contributed by atoms with Crippen LogP contribution in [0.25, 0.3) is 0 Å². The van der Waals surface area contributed by atoms with Crippen molar-refractivity contribution in [2.45, 2.75) is 27.2 Å². The van der Waals surface area contributed by atoms with Crippen LogP contribution in [0.3, 0.4) is 0 Å². The number of ether oxygens (including phenoxy) is 2. The Morgan fingerprint density at radius 3 is 2.47 bits per heavy atom. The van der Waals surface area contributed by atoms with Gasteiger partial charge in [0.1, 0.15) is 5.75 Å². The number of nitrogens with one attached hydrogen (secondary N) is 2. The van der Waals surface area contributed by atoms with Crippen molar-refractivity contribution in [3.63, 3.8) is 0 Å². The Bertz CT molecular complexity index is 901. The number of thiocarbonyl (C=S) groups is 1. The summed E-state index contributed by atoms with van der Waals surface area (Å²) in [7, 11) is 0. The van der Waals surface area contributed by atoms with E-state index in [9.17, 15) is 9.59 Å². The number of amides is 1. The monoisotopic (exact) mass is 492 g/mol. The van der Waals surface area contributed by atoms with Crippen molar-refractivity contribution in [3.8, 4) is 5.75 Å². The second kappa shape index (κ2) is 11.7. The quantitative estimate of drug-likeness (QED) is 0.390. The van der Waals surface area contributed by atoms with E-state index in [0.717, 1.165) is 10.9 Å². The molecule has 0 saturated heterocycles. The van der Waals surface area contributed by atoms with Gasteiger partial charge in [-0.2, -0.15) is 0 Å². The molecule has 2 aromatic rings. The summed E-state index contributed by atoms with van der Waals surface area (Å²) in [5.74, 6) is 0.235. The van der Waals surface area contributed by atoms with Crippen LogP contribution in [0.4, 0.5) is 5.69 Å². The van der Waals surface area contributed by atoms with Crippen molar-refractivity contribution in [2.24, 2.45) is 5.92 Å². The lowest BCUT2D eigenvalue weighted by Gasteiger charge is -2.14. The Morgan fingerprint density at radius 2 is 1.83 bits per heavy atom. The number of carbonyl (C=O) groups excluding carboxylic acids is 2. The minimum atomic E-state index is -0.389. The number of carbonyl (C=O) groups is 2. The fourth-order valence-electron chi connectivity index (χ4n) is 2.45. The summed E-state index contributed by atoms with van der Waals surface area (Å²) in [6.45, 7) is 6.81.